The zero-order chi connectivity index (χ0) is 31.0. The van der Waals surface area contributed by atoms with E-state index in [1.165, 1.54) is 59.9 Å². The Morgan fingerprint density at radius 3 is 2.14 bits per heavy atom. The molecule has 0 saturated carbocycles. The van der Waals surface area contributed by atoms with Crippen molar-refractivity contribution in [1.82, 2.24) is 13.5 Å². The van der Waals surface area contributed by atoms with Crippen LogP contribution in [0.15, 0.2) is 75.7 Å². The number of alkyl halides is 6. The van der Waals surface area contributed by atoms with E-state index in [1.54, 1.807) is 6.07 Å². The molecule has 2 aromatic carbocycles. The van der Waals surface area contributed by atoms with Gasteiger partial charge in [0.15, 0.2) is 0 Å². The van der Waals surface area contributed by atoms with E-state index in [1.807, 2.05) is 24.3 Å². The quantitative estimate of drug-likeness (QED) is 0.112. The van der Waals surface area contributed by atoms with E-state index in [-0.39, 0.29) is 16.4 Å². The number of aromatic nitrogens is 2. The van der Waals surface area contributed by atoms with Crippen molar-refractivity contribution in [3.63, 3.8) is 0 Å². The fourth-order valence-electron chi connectivity index (χ4n) is 5.26. The molecule has 4 heterocycles. The Kier molecular flexibility index (Phi) is 7.23. The smallest absolute Gasteiger partial charge is 0.308 e. The van der Waals surface area contributed by atoms with Crippen molar-refractivity contribution in [1.29, 1.82) is 0 Å². The Morgan fingerprint density at radius 2 is 1.43 bits per heavy atom. The summed E-state index contributed by atoms with van der Waals surface area (Å²) >= 11 is 9.21. The number of fused-ring (bicyclic) bond motifs is 2. The van der Waals surface area contributed by atoms with Crippen molar-refractivity contribution in [2.45, 2.75) is 30.1 Å². The number of allylic oxidation sites excluding steroid dienone is 1. The lowest BCUT2D eigenvalue weighted by Gasteiger charge is -2.23. The number of thiol groups is 1. The molecule has 1 unspecified atom stereocenters. The molecule has 224 valence electrons. The van der Waals surface area contributed by atoms with Gasteiger partial charge in [-0.1, -0.05) is 18.2 Å². The molecule has 7 rings (SSSR count). The van der Waals surface area contributed by atoms with Gasteiger partial charge in [-0.2, -0.15) is 39.5 Å². The van der Waals surface area contributed by atoms with E-state index in [9.17, 15) is 26.3 Å². The highest BCUT2D eigenvalue weighted by atomic mass is 32.2. The second-order valence-corrected chi connectivity index (χ2v) is 13.8. The van der Waals surface area contributed by atoms with E-state index in [4.69, 9.17) is 0 Å². The van der Waals surface area contributed by atoms with Crippen molar-refractivity contribution in [3.05, 3.63) is 104 Å². The molecule has 3 aromatic heterocycles. The predicted octanol–water partition coefficient (Wildman–Crippen LogP) is 10.1. The first kappa shape index (κ1) is 29.6. The van der Waals surface area contributed by atoms with E-state index in [0.29, 0.717) is 22.5 Å². The molecule has 1 aliphatic carbocycles. The number of nitrogens with one attached hydrogen (secondary N) is 1. The molecule has 0 amide bonds. The molecule has 4 nitrogen and oxygen atoms in total. The number of halogens is 6. The molecule has 5 aromatic rings. The molecule has 0 fully saturated rings. The van der Waals surface area contributed by atoms with Gasteiger partial charge in [-0.15, -0.1) is 35.3 Å². The maximum atomic E-state index is 13.3. The van der Waals surface area contributed by atoms with Gasteiger partial charge < -0.3 is 4.72 Å². The lowest BCUT2D eigenvalue weighted by atomic mass is 9.84. The maximum absolute atomic E-state index is 13.3. The van der Waals surface area contributed by atoms with Crippen LogP contribution in [0.4, 0.5) is 26.3 Å². The standard InChI is InChI=1S/C29H16F6N4S5/c1-12-10-13(2-4-15(12)28(30,31)32)18-6-8-20(41-18)22-24-26(38-43-36-24)23(27-25(22)37-44-39-27)21-9-7-19(42-21)14-3-5-16(17(40)11-14)29(33,34)35/h2-11,23,36,40H,1H3. The van der Waals surface area contributed by atoms with E-state index >= 15 is 0 Å². The van der Waals surface area contributed by atoms with Crippen LogP contribution in [0.5, 0.6) is 0 Å². The highest BCUT2D eigenvalue weighted by molar-refractivity contribution is 7.96. The molecular weight excluding hydrogens is 679 g/mol. The molecule has 1 N–H and O–H groups in total. The summed E-state index contributed by atoms with van der Waals surface area (Å²) in [6.45, 7) is 1.45. The molecular formula is C29H16F6N4S5. The lowest BCUT2D eigenvalue weighted by Crippen LogP contribution is -2.24. The van der Waals surface area contributed by atoms with Gasteiger partial charge in [0.2, 0.25) is 0 Å². The molecule has 0 bridgehead atoms. The number of benzene rings is 2. The third-order valence-corrected chi connectivity index (χ3v) is 11.1. The van der Waals surface area contributed by atoms with Crippen molar-refractivity contribution in [2.24, 2.45) is 4.40 Å². The van der Waals surface area contributed by atoms with E-state index < -0.39 is 23.5 Å². The number of hydrogen-bond donors (Lipinski definition) is 2. The van der Waals surface area contributed by atoms with Crippen molar-refractivity contribution >= 4 is 70.4 Å². The van der Waals surface area contributed by atoms with Crippen LogP contribution in [0.3, 0.4) is 0 Å². The van der Waals surface area contributed by atoms with E-state index in [2.05, 4.69) is 30.5 Å². The van der Waals surface area contributed by atoms with Gasteiger partial charge in [-0.25, -0.2) is 0 Å². The summed E-state index contributed by atoms with van der Waals surface area (Å²) in [4.78, 5) is 3.20. The Hall–Kier alpha value is -3.11. The third kappa shape index (κ3) is 5.07. The minimum atomic E-state index is -4.49. The zero-order valence-electron chi connectivity index (χ0n) is 22.0. The monoisotopic (exact) mass is 694 g/mol. The van der Waals surface area contributed by atoms with Gasteiger partial charge in [-0.05, 0) is 66.1 Å². The molecule has 0 saturated heterocycles. The Bertz CT molecular complexity index is 2000. The molecule has 2 aliphatic rings. The topological polar surface area (TPSA) is 50.2 Å². The maximum Gasteiger partial charge on any atom is 0.417 e. The van der Waals surface area contributed by atoms with Crippen LogP contribution < -0.4 is 4.72 Å². The summed E-state index contributed by atoms with van der Waals surface area (Å²) in [5.41, 5.74) is 3.75. The van der Waals surface area contributed by atoms with Gasteiger partial charge in [0.05, 0.1) is 58.0 Å². The predicted molar refractivity (Wildman–Crippen MR) is 167 cm³/mol. The average molecular weight is 695 g/mol. The van der Waals surface area contributed by atoms with Crippen LogP contribution in [0.25, 0.3) is 26.5 Å². The van der Waals surface area contributed by atoms with Crippen molar-refractivity contribution in [3.8, 4) is 20.9 Å². The van der Waals surface area contributed by atoms with Crippen LogP contribution in [0, 0.1) is 6.92 Å². The zero-order valence-corrected chi connectivity index (χ0v) is 26.2. The van der Waals surface area contributed by atoms with Gasteiger partial charge in [-0.3, -0.25) is 0 Å². The normalized spacial score (nSPS) is 16.5. The first-order valence-corrected chi connectivity index (χ1v) is 16.3. The largest absolute Gasteiger partial charge is 0.417 e. The second-order valence-electron chi connectivity index (χ2n) is 9.97. The number of rotatable bonds is 4. The van der Waals surface area contributed by atoms with Gasteiger partial charge in [0, 0.05) is 30.0 Å². The van der Waals surface area contributed by atoms with Crippen LogP contribution >= 0.6 is 59.2 Å². The Labute approximate surface area is 268 Å². The summed E-state index contributed by atoms with van der Waals surface area (Å²) < 4.78 is 96.9. The minimum Gasteiger partial charge on any atom is -0.308 e. The van der Waals surface area contributed by atoms with Crippen molar-refractivity contribution in [2.75, 3.05) is 0 Å². The van der Waals surface area contributed by atoms with Gasteiger partial charge in [0.25, 0.3) is 0 Å². The highest BCUT2D eigenvalue weighted by Crippen LogP contribution is 2.49. The third-order valence-electron chi connectivity index (χ3n) is 7.26. The molecule has 15 heteroatoms. The van der Waals surface area contributed by atoms with Crippen LogP contribution in [-0.2, 0) is 12.4 Å². The van der Waals surface area contributed by atoms with Crippen LogP contribution in [0.2, 0.25) is 0 Å². The number of hydrogen-bond acceptors (Lipinski definition) is 9. The Morgan fingerprint density at radius 1 is 0.773 bits per heavy atom. The number of thiophene rings is 2. The number of aryl methyl sites for hydroxylation is 1. The van der Waals surface area contributed by atoms with Crippen LogP contribution in [0.1, 0.15) is 43.8 Å². The molecule has 0 radical (unpaired) electrons. The van der Waals surface area contributed by atoms with Crippen molar-refractivity contribution < 1.29 is 26.3 Å². The first-order valence-electron chi connectivity index (χ1n) is 12.8. The second kappa shape index (κ2) is 10.8. The van der Waals surface area contributed by atoms with Gasteiger partial charge >= 0.3 is 12.4 Å². The lowest BCUT2D eigenvalue weighted by molar-refractivity contribution is -0.140. The first-order chi connectivity index (χ1) is 20.9. The van der Waals surface area contributed by atoms with Gasteiger partial charge in [0.1, 0.15) is 5.69 Å². The molecule has 44 heavy (non-hydrogen) atoms. The Balaban J connectivity index is 1.24. The highest BCUT2D eigenvalue weighted by Gasteiger charge is 2.41. The summed E-state index contributed by atoms with van der Waals surface area (Å²) in [7, 11) is 0. The SMILES string of the molecule is Cc1cc(-c2ccc(C3=C4NSN=C4C(c4ccc(-c5ccc(C(F)(F)F)c(S)c5)s4)c4nsnc43)s2)ccc1C(F)(F)F. The summed E-state index contributed by atoms with van der Waals surface area (Å²) in [6, 6.07) is 15.6. The minimum absolute atomic E-state index is 0.147. The van der Waals surface area contributed by atoms with Crippen LogP contribution in [-0.4, -0.2) is 14.5 Å². The number of nitrogens with zero attached hydrogens (tertiary/aromatic N) is 3. The van der Waals surface area contributed by atoms with E-state index in [0.717, 1.165) is 60.4 Å². The molecule has 0 spiro atoms. The fourth-order valence-corrected chi connectivity index (χ4v) is 8.99. The summed E-state index contributed by atoms with van der Waals surface area (Å²) in [5, 5.41) is 0. The fraction of sp³-hybridized carbons (Fsp3) is 0.138. The summed E-state index contributed by atoms with van der Waals surface area (Å²) in [6.07, 6.45) is -8.90. The molecule has 1 aliphatic heterocycles. The molecule has 1 atom stereocenters. The summed E-state index contributed by atoms with van der Waals surface area (Å²) in [5.74, 6) is -0.342. The average Bonchev–Trinajstić information content (AvgIpc) is 3.77.